The molecule has 0 spiro atoms. The van der Waals surface area contributed by atoms with Crippen LogP contribution in [0.25, 0.3) is 11.0 Å². The number of nitrogens with zero attached hydrogens (tertiary/aromatic N) is 2. The van der Waals surface area contributed by atoms with Crippen molar-refractivity contribution < 1.29 is 48.3 Å². The first-order valence-corrected chi connectivity index (χ1v) is 18.7. The van der Waals surface area contributed by atoms with Crippen LogP contribution in [-0.2, 0) is 24.5 Å². The van der Waals surface area contributed by atoms with E-state index in [1.807, 2.05) is 51.8 Å². The maximum Gasteiger partial charge on any atom is 0.202 e. The van der Waals surface area contributed by atoms with Gasteiger partial charge in [0.25, 0.3) is 0 Å². The van der Waals surface area contributed by atoms with Gasteiger partial charge < -0.3 is 48.5 Å². The minimum Gasteiger partial charge on any atom is -0.507 e. The van der Waals surface area contributed by atoms with Crippen LogP contribution in [0.15, 0.2) is 27.4 Å². The summed E-state index contributed by atoms with van der Waals surface area (Å²) in [6.45, 7) is 10.9. The Kier molecular flexibility index (Phi) is 8.65. The summed E-state index contributed by atoms with van der Waals surface area (Å²) in [5.41, 5.74) is -1.39. The van der Waals surface area contributed by atoms with Crippen molar-refractivity contribution in [3.05, 3.63) is 73.1 Å². The fourth-order valence-electron chi connectivity index (χ4n) is 9.24. The van der Waals surface area contributed by atoms with Crippen LogP contribution in [0, 0.1) is 6.92 Å². The molecule has 12 atom stereocenters. The topological polar surface area (TPSA) is 175 Å². The van der Waals surface area contributed by atoms with Crippen molar-refractivity contribution in [2.75, 3.05) is 28.2 Å². The summed E-state index contributed by atoms with van der Waals surface area (Å²) in [6, 6.07) is 4.26. The number of rotatable bonds is 6. The Morgan fingerprint density at radius 3 is 2.11 bits per heavy atom. The molecule has 4 saturated heterocycles. The lowest BCUT2D eigenvalue weighted by Gasteiger charge is -2.49. The van der Waals surface area contributed by atoms with Crippen molar-refractivity contribution in [1.29, 1.82) is 0 Å². The number of epoxide rings is 2. The molecular formula is C41H50N2O11. The number of aromatic hydroxyl groups is 1. The summed E-state index contributed by atoms with van der Waals surface area (Å²) >= 11 is 0. The van der Waals surface area contributed by atoms with Crippen LogP contribution in [0.3, 0.4) is 0 Å². The first-order chi connectivity index (χ1) is 25.3. The Labute approximate surface area is 313 Å². The van der Waals surface area contributed by atoms with E-state index < -0.39 is 65.1 Å². The average Bonchev–Trinajstić information content (AvgIpc) is 4.01. The van der Waals surface area contributed by atoms with Gasteiger partial charge in [-0.3, -0.25) is 14.4 Å². The lowest BCUT2D eigenvalue weighted by molar-refractivity contribution is -0.176. The van der Waals surface area contributed by atoms with Crippen molar-refractivity contribution in [2.24, 2.45) is 0 Å². The highest BCUT2D eigenvalue weighted by molar-refractivity contribution is 6.33. The molecule has 54 heavy (non-hydrogen) atoms. The van der Waals surface area contributed by atoms with Crippen LogP contribution >= 0.6 is 0 Å². The highest BCUT2D eigenvalue weighted by atomic mass is 16.7. The van der Waals surface area contributed by atoms with Gasteiger partial charge in [0.1, 0.15) is 29.3 Å². The summed E-state index contributed by atoms with van der Waals surface area (Å²) < 4.78 is 30.9. The van der Waals surface area contributed by atoms with Crippen molar-refractivity contribution in [1.82, 2.24) is 9.80 Å². The number of aliphatic hydroxyl groups is 2. The molecule has 4 fully saturated rings. The molecule has 8 rings (SSSR count). The largest absolute Gasteiger partial charge is 0.507 e. The van der Waals surface area contributed by atoms with E-state index in [1.165, 1.54) is 12.1 Å². The van der Waals surface area contributed by atoms with Gasteiger partial charge in [0, 0.05) is 34.3 Å². The van der Waals surface area contributed by atoms with Crippen molar-refractivity contribution in [3.63, 3.8) is 0 Å². The van der Waals surface area contributed by atoms with Crippen LogP contribution in [0.4, 0.5) is 0 Å². The number of carbonyl (C=O) groups is 2. The molecule has 5 heterocycles. The third-order valence-corrected chi connectivity index (χ3v) is 13.0. The number of phenolic OH excluding ortho intramolecular Hbond substituents is 1. The number of ketones is 2. The number of fused-ring (bicyclic) bond motifs is 4. The fourth-order valence-corrected chi connectivity index (χ4v) is 9.24. The Bertz CT molecular complexity index is 2160. The maximum absolute atomic E-state index is 15.1. The molecule has 3 N–H and O–H groups in total. The van der Waals surface area contributed by atoms with E-state index in [1.54, 1.807) is 33.8 Å². The van der Waals surface area contributed by atoms with Gasteiger partial charge in [-0.1, -0.05) is 0 Å². The quantitative estimate of drug-likeness (QED) is 0.244. The molecule has 3 aromatic rings. The zero-order valence-electron chi connectivity index (χ0n) is 32.4. The van der Waals surface area contributed by atoms with Crippen LogP contribution < -0.4 is 5.43 Å². The Morgan fingerprint density at radius 1 is 0.815 bits per heavy atom. The Hall–Kier alpha value is -3.53. The fraction of sp³-hybridized carbons (Fsp3) is 0.585. The van der Waals surface area contributed by atoms with Crippen molar-refractivity contribution in [3.8, 4) is 5.75 Å². The number of likely N-dealkylation sites (N-methyl/N-ethyl adjacent to an activating group) is 2. The number of aliphatic hydroxyl groups excluding tert-OH is 2. The van der Waals surface area contributed by atoms with Gasteiger partial charge in [0.15, 0.2) is 16.8 Å². The van der Waals surface area contributed by atoms with E-state index in [2.05, 4.69) is 0 Å². The Morgan fingerprint density at radius 2 is 1.48 bits per heavy atom. The molecule has 0 saturated carbocycles. The van der Waals surface area contributed by atoms with E-state index >= 15 is 4.79 Å². The van der Waals surface area contributed by atoms with Gasteiger partial charge in [0.2, 0.25) is 5.78 Å². The average molecular weight is 747 g/mol. The third kappa shape index (κ3) is 5.38. The zero-order valence-corrected chi connectivity index (χ0v) is 32.4. The highest BCUT2D eigenvalue weighted by Gasteiger charge is 2.66. The van der Waals surface area contributed by atoms with Crippen LogP contribution in [0.5, 0.6) is 5.75 Å². The number of hydrogen-bond acceptors (Lipinski definition) is 13. The molecule has 1 aromatic heterocycles. The summed E-state index contributed by atoms with van der Waals surface area (Å²) in [4.78, 5) is 47.7. The number of benzene rings is 2. The SMILES string of the molecule is Cc1cc2c(c3oc([C@]4(C)O[C@@H]4[C@@H]4O[C@@H]4C)cc(=O)c13)C(=O)c1c(O)c([C@@H]3C[C@](C)(N(C)C)[C@H](O)[C@H](C)O3)cc([C@@H]3C[C@H](N(C)C)[C@@H](O)[C@@H](C)O3)c1C2=O. The van der Waals surface area contributed by atoms with Gasteiger partial charge in [-0.15, -0.1) is 0 Å². The minimum absolute atomic E-state index is 0.00321. The molecule has 0 radical (unpaired) electrons. The number of ether oxygens (including phenoxy) is 4. The molecule has 0 bridgehead atoms. The van der Waals surface area contributed by atoms with Crippen molar-refractivity contribution in [2.45, 2.75) is 127 Å². The lowest BCUT2D eigenvalue weighted by atomic mass is 9.74. The molecule has 0 unspecified atom stereocenters. The van der Waals surface area contributed by atoms with Gasteiger partial charge in [-0.25, -0.2) is 0 Å². The summed E-state index contributed by atoms with van der Waals surface area (Å²) in [7, 11) is 7.45. The number of hydrogen-bond donors (Lipinski definition) is 3. The monoisotopic (exact) mass is 746 g/mol. The van der Waals surface area contributed by atoms with Crippen LogP contribution in [0.2, 0.25) is 0 Å². The smallest absolute Gasteiger partial charge is 0.202 e. The molecule has 2 aromatic carbocycles. The third-order valence-electron chi connectivity index (χ3n) is 13.0. The predicted octanol–water partition coefficient (Wildman–Crippen LogP) is 3.66. The van der Waals surface area contributed by atoms with Gasteiger partial charge >= 0.3 is 0 Å². The molecule has 5 aliphatic rings. The number of phenols is 1. The second kappa shape index (κ2) is 12.5. The molecule has 13 nitrogen and oxygen atoms in total. The lowest BCUT2D eigenvalue weighted by Crippen LogP contribution is -2.59. The van der Waals surface area contributed by atoms with E-state index in [0.717, 1.165) is 0 Å². The van der Waals surface area contributed by atoms with Crippen LogP contribution in [0.1, 0.15) is 114 Å². The van der Waals surface area contributed by atoms with Crippen LogP contribution in [-0.4, -0.2) is 119 Å². The summed E-state index contributed by atoms with van der Waals surface area (Å²) in [5, 5.41) is 34.7. The van der Waals surface area contributed by atoms with E-state index in [-0.39, 0.29) is 87.2 Å². The highest BCUT2D eigenvalue weighted by Crippen LogP contribution is 2.54. The normalized spacial score (nSPS) is 37.5. The first kappa shape index (κ1) is 37.4. The number of aryl methyl sites for hydroxylation is 1. The second-order valence-corrected chi connectivity index (χ2v) is 16.9. The molecule has 0 amide bonds. The summed E-state index contributed by atoms with van der Waals surface area (Å²) in [5.74, 6) is -1.42. The number of carbonyl (C=O) groups excluding carboxylic acids is 2. The standard InChI is InChI=1S/C41H50N2O11/c1-16-11-22-30(37-28(16)24(44)14-27(53-37)41(6)39(54-41)36-18(3)52-36)35(48)31-29(34(22)47)20(25-13-23(42(7)8)32(45)17(2)50-25)12-21(33(31)46)26-15-40(5,43(9)10)38(49)19(4)51-26/h11-12,14,17-19,23,25-26,32,36,38-39,45-46,49H,13,15H2,1-10H3/t17-,18-,19+,23+,25+,26+,32+,36-,38-,39-,40+,41+/m1/s1. The Balaban J connectivity index is 1.34. The van der Waals surface area contributed by atoms with E-state index in [0.29, 0.717) is 11.1 Å². The summed E-state index contributed by atoms with van der Waals surface area (Å²) in [6.07, 6.45) is -4.44. The predicted molar refractivity (Wildman–Crippen MR) is 196 cm³/mol. The molecular weight excluding hydrogens is 696 g/mol. The first-order valence-electron chi connectivity index (χ1n) is 18.7. The second-order valence-electron chi connectivity index (χ2n) is 16.9. The van der Waals surface area contributed by atoms with Crippen molar-refractivity contribution >= 4 is 22.5 Å². The van der Waals surface area contributed by atoms with E-state index in [4.69, 9.17) is 23.4 Å². The molecule has 1 aliphatic carbocycles. The minimum atomic E-state index is -0.970. The zero-order chi connectivity index (χ0) is 39.1. The van der Waals surface area contributed by atoms with Gasteiger partial charge in [0.05, 0.1) is 59.2 Å². The molecule has 290 valence electrons. The van der Waals surface area contributed by atoms with Gasteiger partial charge in [-0.05, 0) is 106 Å². The van der Waals surface area contributed by atoms with E-state index in [9.17, 15) is 24.9 Å². The molecule has 13 heteroatoms. The van der Waals surface area contributed by atoms with Gasteiger partial charge in [-0.2, -0.15) is 0 Å². The molecule has 4 aliphatic heterocycles. The maximum atomic E-state index is 15.1.